The van der Waals surface area contributed by atoms with Gasteiger partial charge in [0.1, 0.15) is 0 Å². The summed E-state index contributed by atoms with van der Waals surface area (Å²) in [7, 11) is 0. The van der Waals surface area contributed by atoms with Crippen molar-refractivity contribution in [1.29, 1.82) is 0 Å². The maximum absolute atomic E-state index is 15.0. The summed E-state index contributed by atoms with van der Waals surface area (Å²) >= 11 is 0. The van der Waals surface area contributed by atoms with E-state index >= 15 is 4.39 Å². The fourth-order valence-electron chi connectivity index (χ4n) is 5.99. The van der Waals surface area contributed by atoms with Gasteiger partial charge in [-0.2, -0.15) is 0 Å². The number of unbranched alkanes of at least 4 members (excludes halogenated alkanes) is 8. The van der Waals surface area contributed by atoms with Gasteiger partial charge in [0.05, 0.1) is 0 Å². The molecule has 0 N–H and O–H groups in total. The predicted octanol–water partition coefficient (Wildman–Crippen LogP) is 11.2. The zero-order chi connectivity index (χ0) is 25.6. The first-order valence-electron chi connectivity index (χ1n) is 15.2. The Labute approximate surface area is 220 Å². The molecular weight excluding hydrogens is 446 g/mol. The van der Waals surface area contributed by atoms with Crippen LogP contribution in [0.15, 0.2) is 36.4 Å². The van der Waals surface area contributed by atoms with Crippen LogP contribution in [0, 0.1) is 23.5 Å². The highest BCUT2D eigenvalue weighted by atomic mass is 19.2. The minimum atomic E-state index is -0.688. The molecule has 0 nitrogen and oxygen atoms in total. The summed E-state index contributed by atoms with van der Waals surface area (Å²) in [6.07, 6.45) is 22.4. The highest BCUT2D eigenvalue weighted by Crippen LogP contribution is 2.35. The molecule has 1 aliphatic carbocycles. The molecule has 1 fully saturated rings. The number of benzene rings is 2. The minimum absolute atomic E-state index is 0.380. The second-order valence-corrected chi connectivity index (χ2v) is 11.4. The molecule has 0 atom stereocenters. The first-order chi connectivity index (χ1) is 17.6. The number of hydrogen-bond acceptors (Lipinski definition) is 0. The van der Waals surface area contributed by atoms with E-state index in [-0.39, 0.29) is 0 Å². The monoisotopic (exact) mass is 496 g/mol. The second-order valence-electron chi connectivity index (χ2n) is 11.4. The van der Waals surface area contributed by atoms with Gasteiger partial charge < -0.3 is 0 Å². The molecule has 2 aromatic rings. The van der Waals surface area contributed by atoms with Crippen molar-refractivity contribution in [3.8, 4) is 11.1 Å². The van der Waals surface area contributed by atoms with Crippen LogP contribution in [0.1, 0.15) is 128 Å². The van der Waals surface area contributed by atoms with Crippen molar-refractivity contribution in [3.05, 3.63) is 59.2 Å². The van der Waals surface area contributed by atoms with Gasteiger partial charge in [0.2, 0.25) is 0 Å². The summed E-state index contributed by atoms with van der Waals surface area (Å²) in [5, 5.41) is 0. The van der Waals surface area contributed by atoms with Gasteiger partial charge in [0.25, 0.3) is 0 Å². The van der Waals surface area contributed by atoms with E-state index in [4.69, 9.17) is 0 Å². The van der Waals surface area contributed by atoms with Crippen molar-refractivity contribution < 1.29 is 8.78 Å². The molecular formula is C34H50F2. The molecule has 0 bridgehead atoms. The standard InChI is InChI=1S/C34H50F2/c1-3-5-7-9-11-13-27-15-17-29(18-16-27)21-24-31-25-26-32(34(36)33(31)35)30-22-19-28(20-23-30)14-12-10-8-6-4-2/h19-20,22-23,25-27,29H,3-18,21,24H2,1-2H3/t27-,29-. The largest absolute Gasteiger partial charge is 0.203 e. The molecule has 0 spiro atoms. The summed E-state index contributed by atoms with van der Waals surface area (Å²) in [4.78, 5) is 0. The summed E-state index contributed by atoms with van der Waals surface area (Å²) in [6, 6.07) is 11.6. The normalized spacial score (nSPS) is 18.0. The SMILES string of the molecule is CCCCCCCc1ccc(-c2ccc(CC[C@H]3CC[C@H](CCCCCCC)CC3)c(F)c2F)cc1. The van der Waals surface area contributed by atoms with Gasteiger partial charge in [-0.3, -0.25) is 0 Å². The molecule has 0 amide bonds. The molecule has 1 aliphatic rings. The summed E-state index contributed by atoms with van der Waals surface area (Å²) in [5.41, 5.74) is 2.96. The maximum Gasteiger partial charge on any atom is 0.166 e. The Bertz CT molecular complexity index is 861. The van der Waals surface area contributed by atoms with Crippen molar-refractivity contribution in [2.75, 3.05) is 0 Å². The van der Waals surface area contributed by atoms with Gasteiger partial charge in [-0.25, -0.2) is 8.78 Å². The van der Waals surface area contributed by atoms with Crippen LogP contribution in [0.5, 0.6) is 0 Å². The number of hydrogen-bond donors (Lipinski definition) is 0. The number of rotatable bonds is 16. The molecule has 0 unspecified atom stereocenters. The Hall–Kier alpha value is -1.70. The summed E-state index contributed by atoms with van der Waals surface area (Å²) in [5.74, 6) is 0.224. The third-order valence-corrected chi connectivity index (χ3v) is 8.50. The van der Waals surface area contributed by atoms with Crippen LogP contribution in [0.4, 0.5) is 8.78 Å². The molecule has 0 aromatic heterocycles. The van der Waals surface area contributed by atoms with Crippen LogP contribution in [0.3, 0.4) is 0 Å². The fraction of sp³-hybridized carbons (Fsp3) is 0.647. The number of halogens is 2. The van der Waals surface area contributed by atoms with Gasteiger partial charge >= 0.3 is 0 Å². The van der Waals surface area contributed by atoms with E-state index in [1.807, 2.05) is 18.2 Å². The lowest BCUT2D eigenvalue weighted by molar-refractivity contribution is 0.248. The Morgan fingerprint density at radius 3 is 1.81 bits per heavy atom. The topological polar surface area (TPSA) is 0 Å². The summed E-state index contributed by atoms with van der Waals surface area (Å²) in [6.45, 7) is 4.50. The van der Waals surface area contributed by atoms with E-state index in [9.17, 15) is 4.39 Å². The Morgan fingerprint density at radius 2 is 1.17 bits per heavy atom. The van der Waals surface area contributed by atoms with E-state index in [0.717, 1.165) is 24.3 Å². The maximum atomic E-state index is 15.0. The Kier molecular flexibility index (Phi) is 13.0. The first-order valence-corrected chi connectivity index (χ1v) is 15.2. The molecule has 36 heavy (non-hydrogen) atoms. The van der Waals surface area contributed by atoms with Crippen molar-refractivity contribution in [2.45, 2.75) is 129 Å². The Balaban J connectivity index is 1.44. The molecule has 200 valence electrons. The highest BCUT2D eigenvalue weighted by molar-refractivity contribution is 5.65. The third kappa shape index (κ3) is 9.31. The van der Waals surface area contributed by atoms with Crippen LogP contribution in [0.25, 0.3) is 11.1 Å². The van der Waals surface area contributed by atoms with Crippen molar-refractivity contribution in [1.82, 2.24) is 0 Å². The fourth-order valence-corrected chi connectivity index (χ4v) is 5.99. The van der Waals surface area contributed by atoms with E-state index in [2.05, 4.69) is 26.0 Å². The molecule has 0 heterocycles. The van der Waals surface area contributed by atoms with Crippen LogP contribution in [-0.2, 0) is 12.8 Å². The quantitative estimate of drug-likeness (QED) is 0.203. The van der Waals surface area contributed by atoms with Gasteiger partial charge in [0, 0.05) is 5.56 Å². The van der Waals surface area contributed by atoms with E-state index in [0.29, 0.717) is 23.5 Å². The average Bonchev–Trinajstić information content (AvgIpc) is 2.90. The smallest absolute Gasteiger partial charge is 0.166 e. The highest BCUT2D eigenvalue weighted by Gasteiger charge is 2.22. The zero-order valence-corrected chi connectivity index (χ0v) is 23.1. The van der Waals surface area contributed by atoms with Gasteiger partial charge in [-0.1, -0.05) is 140 Å². The van der Waals surface area contributed by atoms with Crippen LogP contribution >= 0.6 is 0 Å². The molecule has 0 aliphatic heterocycles. The molecule has 0 saturated heterocycles. The van der Waals surface area contributed by atoms with Crippen LogP contribution < -0.4 is 0 Å². The van der Waals surface area contributed by atoms with Crippen molar-refractivity contribution in [2.24, 2.45) is 11.8 Å². The summed E-state index contributed by atoms with van der Waals surface area (Å²) < 4.78 is 30.0. The van der Waals surface area contributed by atoms with Gasteiger partial charge in [-0.15, -0.1) is 0 Å². The lowest BCUT2D eigenvalue weighted by Crippen LogP contribution is -2.15. The molecule has 1 saturated carbocycles. The zero-order valence-electron chi connectivity index (χ0n) is 23.1. The van der Waals surface area contributed by atoms with Gasteiger partial charge in [0.15, 0.2) is 11.6 Å². The predicted molar refractivity (Wildman–Crippen MR) is 151 cm³/mol. The average molecular weight is 497 g/mol. The molecule has 2 heteroatoms. The Morgan fingerprint density at radius 1 is 0.583 bits per heavy atom. The lowest BCUT2D eigenvalue weighted by atomic mass is 9.77. The third-order valence-electron chi connectivity index (χ3n) is 8.50. The first kappa shape index (κ1) is 28.9. The van der Waals surface area contributed by atoms with E-state index < -0.39 is 11.6 Å². The van der Waals surface area contributed by atoms with E-state index in [1.54, 1.807) is 6.07 Å². The van der Waals surface area contributed by atoms with Crippen molar-refractivity contribution in [3.63, 3.8) is 0 Å². The molecule has 0 radical (unpaired) electrons. The molecule has 2 aromatic carbocycles. The van der Waals surface area contributed by atoms with E-state index in [1.165, 1.54) is 102 Å². The molecule has 3 rings (SSSR count). The minimum Gasteiger partial charge on any atom is -0.203 e. The van der Waals surface area contributed by atoms with Crippen LogP contribution in [0.2, 0.25) is 0 Å². The number of aryl methyl sites for hydroxylation is 2. The van der Waals surface area contributed by atoms with Crippen molar-refractivity contribution >= 4 is 0 Å². The lowest BCUT2D eigenvalue weighted by Gasteiger charge is -2.28. The van der Waals surface area contributed by atoms with Crippen LogP contribution in [-0.4, -0.2) is 0 Å². The second kappa shape index (κ2) is 16.2. The van der Waals surface area contributed by atoms with Gasteiger partial charge in [-0.05, 0) is 54.2 Å².